The van der Waals surface area contributed by atoms with Crippen molar-refractivity contribution < 1.29 is 8.42 Å². The van der Waals surface area contributed by atoms with Crippen LogP contribution < -0.4 is 5.32 Å². The van der Waals surface area contributed by atoms with Crippen molar-refractivity contribution in [3.8, 4) is 0 Å². The summed E-state index contributed by atoms with van der Waals surface area (Å²) < 4.78 is 27.1. The first-order valence-corrected chi connectivity index (χ1v) is 9.86. The maximum absolute atomic E-state index is 12.7. The zero-order valence-corrected chi connectivity index (χ0v) is 14.1. The van der Waals surface area contributed by atoms with Crippen molar-refractivity contribution in [2.45, 2.75) is 50.0 Å². The fourth-order valence-corrected chi connectivity index (χ4v) is 4.57. The van der Waals surface area contributed by atoms with E-state index in [-0.39, 0.29) is 0 Å². The molecule has 0 unspecified atom stereocenters. The predicted octanol–water partition coefficient (Wildman–Crippen LogP) is 2.40. The Morgan fingerprint density at radius 3 is 2.55 bits per heavy atom. The van der Waals surface area contributed by atoms with Crippen molar-refractivity contribution in [3.05, 3.63) is 29.8 Å². The van der Waals surface area contributed by atoms with E-state index in [1.54, 1.807) is 10.4 Å². The molecule has 0 aromatic heterocycles. The lowest BCUT2D eigenvalue weighted by Crippen LogP contribution is -2.45. The molecular weight excluding hydrogens is 296 g/mol. The van der Waals surface area contributed by atoms with Gasteiger partial charge >= 0.3 is 0 Å². The van der Waals surface area contributed by atoms with E-state index < -0.39 is 10.0 Å². The van der Waals surface area contributed by atoms with E-state index in [0.717, 1.165) is 37.3 Å². The van der Waals surface area contributed by atoms with Crippen LogP contribution in [0.1, 0.15) is 38.2 Å². The summed E-state index contributed by atoms with van der Waals surface area (Å²) in [7, 11) is -3.33. The Bertz CT molecular complexity index is 603. The Morgan fingerprint density at radius 1 is 1.18 bits per heavy atom. The van der Waals surface area contributed by atoms with E-state index in [0.29, 0.717) is 24.0 Å². The van der Waals surface area contributed by atoms with E-state index in [2.05, 4.69) is 5.32 Å². The Labute approximate surface area is 134 Å². The van der Waals surface area contributed by atoms with Crippen LogP contribution in [0.4, 0.5) is 0 Å². The standard InChI is InChI=1S/C17H26N2O2S/c1-2-14-4-3-5-17(12-14)22(20,21)19-10-8-16(9-11-19)18-13-15-6-7-15/h3-5,12,15-16,18H,2,6-11,13H2,1H3. The van der Waals surface area contributed by atoms with Crippen LogP contribution in [0.3, 0.4) is 0 Å². The van der Waals surface area contributed by atoms with Crippen molar-refractivity contribution in [1.82, 2.24) is 9.62 Å². The minimum atomic E-state index is -3.33. The van der Waals surface area contributed by atoms with Gasteiger partial charge in [-0.15, -0.1) is 0 Å². The van der Waals surface area contributed by atoms with Crippen LogP contribution in [0.25, 0.3) is 0 Å². The molecular formula is C17H26N2O2S. The van der Waals surface area contributed by atoms with E-state index in [9.17, 15) is 8.42 Å². The van der Waals surface area contributed by atoms with Crippen LogP contribution in [0.2, 0.25) is 0 Å². The quantitative estimate of drug-likeness (QED) is 0.875. The second kappa shape index (κ2) is 6.69. The molecule has 2 aliphatic rings. The van der Waals surface area contributed by atoms with Crippen molar-refractivity contribution in [3.63, 3.8) is 0 Å². The molecule has 2 fully saturated rings. The van der Waals surface area contributed by atoms with Gasteiger partial charge in [0.2, 0.25) is 10.0 Å². The number of piperidine rings is 1. The van der Waals surface area contributed by atoms with E-state index in [1.165, 1.54) is 12.8 Å². The van der Waals surface area contributed by atoms with Gasteiger partial charge in [-0.25, -0.2) is 8.42 Å². The summed E-state index contributed by atoms with van der Waals surface area (Å²) in [5.41, 5.74) is 1.07. The lowest BCUT2D eigenvalue weighted by molar-refractivity contribution is 0.288. The summed E-state index contributed by atoms with van der Waals surface area (Å²) >= 11 is 0. The molecule has 1 aliphatic heterocycles. The van der Waals surface area contributed by atoms with Crippen LogP contribution in [0.5, 0.6) is 0 Å². The molecule has 1 heterocycles. The SMILES string of the molecule is CCc1cccc(S(=O)(=O)N2CCC(NCC3CC3)CC2)c1. The summed E-state index contributed by atoms with van der Waals surface area (Å²) in [5, 5.41) is 3.59. The minimum absolute atomic E-state index is 0.441. The molecule has 1 aromatic rings. The molecule has 122 valence electrons. The van der Waals surface area contributed by atoms with Crippen LogP contribution in [0.15, 0.2) is 29.2 Å². The second-order valence-corrected chi connectivity index (χ2v) is 8.47. The molecule has 0 bridgehead atoms. The van der Waals surface area contributed by atoms with Crippen LogP contribution in [0, 0.1) is 5.92 Å². The van der Waals surface area contributed by atoms with Gasteiger partial charge in [-0.05, 0) is 62.3 Å². The molecule has 1 saturated heterocycles. The first-order chi connectivity index (χ1) is 10.6. The van der Waals surface area contributed by atoms with E-state index in [1.807, 2.05) is 25.1 Å². The Morgan fingerprint density at radius 2 is 1.91 bits per heavy atom. The van der Waals surface area contributed by atoms with Crippen molar-refractivity contribution in [1.29, 1.82) is 0 Å². The number of rotatable bonds is 6. The highest BCUT2D eigenvalue weighted by Gasteiger charge is 2.30. The molecule has 22 heavy (non-hydrogen) atoms. The topological polar surface area (TPSA) is 49.4 Å². The molecule has 5 heteroatoms. The average molecular weight is 322 g/mol. The lowest BCUT2D eigenvalue weighted by Gasteiger charge is -2.31. The highest BCUT2D eigenvalue weighted by molar-refractivity contribution is 7.89. The van der Waals surface area contributed by atoms with Gasteiger partial charge in [0.05, 0.1) is 4.90 Å². The van der Waals surface area contributed by atoms with Gasteiger partial charge in [0.25, 0.3) is 0 Å². The van der Waals surface area contributed by atoms with Gasteiger partial charge in [-0.2, -0.15) is 4.31 Å². The van der Waals surface area contributed by atoms with Gasteiger partial charge in [-0.1, -0.05) is 19.1 Å². The van der Waals surface area contributed by atoms with E-state index in [4.69, 9.17) is 0 Å². The van der Waals surface area contributed by atoms with Crippen LogP contribution in [-0.2, 0) is 16.4 Å². The second-order valence-electron chi connectivity index (χ2n) is 6.53. The van der Waals surface area contributed by atoms with Gasteiger partial charge < -0.3 is 5.32 Å². The van der Waals surface area contributed by atoms with E-state index >= 15 is 0 Å². The van der Waals surface area contributed by atoms with Crippen molar-refractivity contribution >= 4 is 10.0 Å². The smallest absolute Gasteiger partial charge is 0.243 e. The molecule has 4 nitrogen and oxygen atoms in total. The zero-order valence-electron chi connectivity index (χ0n) is 13.3. The predicted molar refractivity (Wildman–Crippen MR) is 88.3 cm³/mol. The van der Waals surface area contributed by atoms with Crippen molar-refractivity contribution in [2.24, 2.45) is 5.92 Å². The monoisotopic (exact) mass is 322 g/mol. The van der Waals surface area contributed by atoms with Crippen LogP contribution >= 0.6 is 0 Å². The minimum Gasteiger partial charge on any atom is -0.314 e. The number of sulfonamides is 1. The first-order valence-electron chi connectivity index (χ1n) is 8.42. The molecule has 1 N–H and O–H groups in total. The molecule has 0 atom stereocenters. The highest BCUT2D eigenvalue weighted by atomic mass is 32.2. The normalized spacial score (nSPS) is 21.1. The van der Waals surface area contributed by atoms with Crippen molar-refractivity contribution in [2.75, 3.05) is 19.6 Å². The molecule has 1 aromatic carbocycles. The summed E-state index contributed by atoms with van der Waals surface area (Å²) in [6.45, 7) is 4.40. The summed E-state index contributed by atoms with van der Waals surface area (Å²) in [6.07, 6.45) is 5.40. The molecule has 3 rings (SSSR count). The van der Waals surface area contributed by atoms with Gasteiger partial charge in [0.15, 0.2) is 0 Å². The Balaban J connectivity index is 1.60. The Hall–Kier alpha value is -0.910. The molecule has 0 radical (unpaired) electrons. The number of nitrogens with one attached hydrogen (secondary N) is 1. The summed E-state index contributed by atoms with van der Waals surface area (Å²) in [5.74, 6) is 0.874. The first kappa shape index (κ1) is 16.0. The molecule has 0 spiro atoms. The lowest BCUT2D eigenvalue weighted by atomic mass is 10.1. The zero-order chi connectivity index (χ0) is 15.6. The maximum Gasteiger partial charge on any atom is 0.243 e. The third-order valence-electron chi connectivity index (χ3n) is 4.79. The molecule has 1 aliphatic carbocycles. The number of aryl methyl sites for hydroxylation is 1. The van der Waals surface area contributed by atoms with Gasteiger partial charge in [0, 0.05) is 19.1 Å². The molecule has 0 amide bonds. The van der Waals surface area contributed by atoms with Gasteiger partial charge in [0.1, 0.15) is 0 Å². The largest absolute Gasteiger partial charge is 0.314 e. The number of hydrogen-bond donors (Lipinski definition) is 1. The Kier molecular flexibility index (Phi) is 4.85. The number of nitrogens with zero attached hydrogens (tertiary/aromatic N) is 1. The summed E-state index contributed by atoms with van der Waals surface area (Å²) in [4.78, 5) is 0.441. The average Bonchev–Trinajstić information content (AvgIpc) is 3.38. The summed E-state index contributed by atoms with van der Waals surface area (Å²) in [6, 6.07) is 7.83. The number of hydrogen-bond acceptors (Lipinski definition) is 3. The highest BCUT2D eigenvalue weighted by Crippen LogP contribution is 2.28. The molecule has 1 saturated carbocycles. The fraction of sp³-hybridized carbons (Fsp3) is 0.647. The maximum atomic E-state index is 12.7. The fourth-order valence-electron chi connectivity index (χ4n) is 3.03. The third-order valence-corrected chi connectivity index (χ3v) is 6.69. The third kappa shape index (κ3) is 3.70. The van der Waals surface area contributed by atoms with Crippen LogP contribution in [-0.4, -0.2) is 38.4 Å². The number of benzene rings is 1. The van der Waals surface area contributed by atoms with Gasteiger partial charge in [-0.3, -0.25) is 0 Å².